The van der Waals surface area contributed by atoms with Gasteiger partial charge in [-0.15, -0.1) is 0 Å². The molecule has 0 saturated carbocycles. The summed E-state index contributed by atoms with van der Waals surface area (Å²) >= 11 is 9.40. The molecule has 0 unspecified atom stereocenters. The van der Waals surface area contributed by atoms with Gasteiger partial charge in [-0.1, -0.05) is 12.1 Å². The molecule has 110 valence electrons. The van der Waals surface area contributed by atoms with Crippen LogP contribution in [0.15, 0.2) is 28.7 Å². The van der Waals surface area contributed by atoms with Crippen molar-refractivity contribution in [1.82, 2.24) is 19.5 Å². The molecule has 7 heteroatoms. The second-order valence-electron chi connectivity index (χ2n) is 4.86. The fourth-order valence-electron chi connectivity index (χ4n) is 2.40. The monoisotopic (exact) mass is 375 g/mol. The van der Waals surface area contributed by atoms with Gasteiger partial charge in [0, 0.05) is 7.05 Å². The first-order valence-corrected chi connectivity index (χ1v) is 7.70. The fourth-order valence-corrected chi connectivity index (χ4v) is 3.03. The van der Waals surface area contributed by atoms with Crippen LogP contribution in [0.3, 0.4) is 0 Å². The molecule has 0 aliphatic heterocycles. The number of nitrogens with zero attached hydrogens (tertiary/aromatic N) is 5. The summed E-state index contributed by atoms with van der Waals surface area (Å²) in [5, 5.41) is 9.78. The Morgan fingerprint density at radius 3 is 2.68 bits per heavy atom. The van der Waals surface area contributed by atoms with Gasteiger partial charge in [-0.2, -0.15) is 5.26 Å². The highest BCUT2D eigenvalue weighted by Gasteiger charge is 2.25. The predicted molar refractivity (Wildman–Crippen MR) is 87.6 cm³/mol. The van der Waals surface area contributed by atoms with Crippen molar-refractivity contribution in [2.75, 3.05) is 0 Å². The maximum atomic E-state index is 9.66. The number of imidazole rings is 1. The van der Waals surface area contributed by atoms with Gasteiger partial charge in [-0.05, 0) is 46.6 Å². The Kier molecular flexibility index (Phi) is 3.85. The first kappa shape index (κ1) is 14.9. The minimum atomic E-state index is -0.633. The third kappa shape index (κ3) is 2.36. The van der Waals surface area contributed by atoms with Gasteiger partial charge in [0.05, 0.1) is 33.0 Å². The largest absolute Gasteiger partial charge is 0.330 e. The number of aryl methyl sites for hydroxylation is 2. The zero-order valence-electron chi connectivity index (χ0n) is 11.9. The van der Waals surface area contributed by atoms with E-state index in [1.165, 1.54) is 0 Å². The van der Waals surface area contributed by atoms with Crippen LogP contribution in [0.4, 0.5) is 0 Å². The van der Waals surface area contributed by atoms with E-state index in [1.807, 2.05) is 42.8 Å². The number of benzene rings is 1. The van der Waals surface area contributed by atoms with Crippen molar-refractivity contribution in [3.63, 3.8) is 0 Å². The summed E-state index contributed by atoms with van der Waals surface area (Å²) in [6, 6.07) is 10.0. The van der Waals surface area contributed by atoms with Gasteiger partial charge < -0.3 is 4.57 Å². The molecule has 5 nitrogen and oxygen atoms in total. The highest BCUT2D eigenvalue weighted by molar-refractivity contribution is 9.10. The molecule has 0 saturated heterocycles. The molecule has 0 aliphatic rings. The minimum Gasteiger partial charge on any atom is -0.330 e. The van der Waals surface area contributed by atoms with Gasteiger partial charge in [0.25, 0.3) is 0 Å². The third-order valence-corrected chi connectivity index (χ3v) is 4.65. The number of para-hydroxylation sites is 2. The molecule has 3 rings (SSSR count). The van der Waals surface area contributed by atoms with Crippen LogP contribution in [-0.2, 0) is 7.05 Å². The Bertz CT molecular complexity index is 912. The molecule has 22 heavy (non-hydrogen) atoms. The molecule has 2 aromatic heterocycles. The van der Waals surface area contributed by atoms with Crippen LogP contribution < -0.4 is 0 Å². The van der Waals surface area contributed by atoms with E-state index >= 15 is 0 Å². The van der Waals surface area contributed by atoms with Crippen molar-refractivity contribution in [2.24, 2.45) is 7.05 Å². The van der Waals surface area contributed by atoms with Gasteiger partial charge in [0.15, 0.2) is 0 Å². The van der Waals surface area contributed by atoms with Crippen molar-refractivity contribution in [3.8, 4) is 6.07 Å². The number of halogens is 2. The Hall–Kier alpha value is -1.97. The maximum absolute atomic E-state index is 9.66. The molecule has 0 spiro atoms. The molecule has 0 aliphatic carbocycles. The fraction of sp³-hybridized carbons (Fsp3) is 0.200. The zero-order valence-corrected chi connectivity index (χ0v) is 14.2. The zero-order chi connectivity index (χ0) is 15.9. The van der Waals surface area contributed by atoms with E-state index in [2.05, 4.69) is 37.0 Å². The van der Waals surface area contributed by atoms with Crippen LogP contribution in [0.1, 0.15) is 23.1 Å². The van der Waals surface area contributed by atoms with Crippen molar-refractivity contribution in [3.05, 3.63) is 51.2 Å². The Morgan fingerprint density at radius 1 is 1.27 bits per heavy atom. The molecule has 0 amide bonds. The summed E-state index contributed by atoms with van der Waals surface area (Å²) in [5.74, 6) is -0.00968. The molecule has 1 aromatic carbocycles. The Morgan fingerprint density at radius 2 is 2.00 bits per heavy atom. The molecule has 3 aromatic rings. The first-order valence-electron chi connectivity index (χ1n) is 6.53. The van der Waals surface area contributed by atoms with E-state index in [9.17, 15) is 5.26 Å². The molecule has 1 atom stereocenters. The topological polar surface area (TPSA) is 67.4 Å². The van der Waals surface area contributed by atoms with Gasteiger partial charge in [-0.25, -0.2) is 15.0 Å². The summed E-state index contributed by atoms with van der Waals surface area (Å²) in [6.45, 7) is 1.81. The van der Waals surface area contributed by atoms with E-state index in [0.717, 1.165) is 11.0 Å². The lowest BCUT2D eigenvalue weighted by atomic mass is 10.1. The van der Waals surface area contributed by atoms with Crippen LogP contribution in [-0.4, -0.2) is 19.5 Å². The number of rotatable bonds is 2. The average molecular weight is 377 g/mol. The van der Waals surface area contributed by atoms with E-state index < -0.39 is 5.92 Å². The summed E-state index contributed by atoms with van der Waals surface area (Å²) in [4.78, 5) is 12.9. The quantitative estimate of drug-likeness (QED) is 0.639. The summed E-state index contributed by atoms with van der Waals surface area (Å²) in [6.07, 6.45) is 0. The van der Waals surface area contributed by atoms with Crippen molar-refractivity contribution in [1.29, 1.82) is 5.26 Å². The van der Waals surface area contributed by atoms with Crippen molar-refractivity contribution >= 4 is 38.6 Å². The first-order chi connectivity index (χ1) is 10.5. The molecule has 0 radical (unpaired) electrons. The van der Waals surface area contributed by atoms with Crippen LogP contribution in [0.5, 0.6) is 0 Å². The maximum Gasteiger partial charge on any atom is 0.222 e. The van der Waals surface area contributed by atoms with E-state index in [4.69, 9.17) is 11.6 Å². The van der Waals surface area contributed by atoms with Crippen molar-refractivity contribution < 1.29 is 0 Å². The Labute approximate surface area is 140 Å². The smallest absolute Gasteiger partial charge is 0.222 e. The third-order valence-electron chi connectivity index (χ3n) is 3.50. The lowest BCUT2D eigenvalue weighted by Crippen LogP contribution is -2.10. The second-order valence-corrected chi connectivity index (χ2v) is 5.99. The SMILES string of the molecule is Cc1nc(Cl)nc([C@H](C#N)c2nc3ccccc3n2C)c1Br. The molecular formula is C15H11BrClN5. The second kappa shape index (κ2) is 5.67. The van der Waals surface area contributed by atoms with Gasteiger partial charge >= 0.3 is 0 Å². The highest BCUT2D eigenvalue weighted by atomic mass is 79.9. The van der Waals surface area contributed by atoms with Crippen LogP contribution in [0.2, 0.25) is 5.28 Å². The normalized spacial score (nSPS) is 12.3. The number of nitriles is 1. The van der Waals surface area contributed by atoms with E-state index in [-0.39, 0.29) is 5.28 Å². The van der Waals surface area contributed by atoms with Crippen LogP contribution in [0, 0.1) is 18.3 Å². The highest BCUT2D eigenvalue weighted by Crippen LogP contribution is 2.31. The number of hydrogen-bond acceptors (Lipinski definition) is 4. The van der Waals surface area contributed by atoms with Gasteiger partial charge in [0.1, 0.15) is 11.7 Å². The van der Waals surface area contributed by atoms with Crippen LogP contribution >= 0.6 is 27.5 Å². The van der Waals surface area contributed by atoms with E-state index in [0.29, 0.717) is 21.7 Å². The van der Waals surface area contributed by atoms with Gasteiger partial charge in [-0.3, -0.25) is 0 Å². The minimum absolute atomic E-state index is 0.120. The number of fused-ring (bicyclic) bond motifs is 1. The standard InChI is InChI=1S/C15H11BrClN5/c1-8-12(16)13(21-15(17)19-8)9(7-18)14-20-10-5-3-4-6-11(10)22(14)2/h3-6,9H,1-2H3/t9-/m0/s1. The summed E-state index contributed by atoms with van der Waals surface area (Å²) in [5.41, 5.74) is 3.02. The molecule has 2 heterocycles. The van der Waals surface area contributed by atoms with E-state index in [1.54, 1.807) is 0 Å². The van der Waals surface area contributed by atoms with Crippen molar-refractivity contribution in [2.45, 2.75) is 12.8 Å². The number of hydrogen-bond donors (Lipinski definition) is 0. The lowest BCUT2D eigenvalue weighted by molar-refractivity contribution is 0.776. The summed E-state index contributed by atoms with van der Waals surface area (Å²) in [7, 11) is 1.89. The molecule has 0 bridgehead atoms. The summed E-state index contributed by atoms with van der Waals surface area (Å²) < 4.78 is 2.58. The molecule has 0 N–H and O–H groups in total. The number of aromatic nitrogens is 4. The molecule has 0 fully saturated rings. The predicted octanol–water partition coefficient (Wildman–Crippen LogP) is 3.74. The van der Waals surface area contributed by atoms with Gasteiger partial charge in [0.2, 0.25) is 5.28 Å². The Balaban J connectivity index is 2.24. The average Bonchev–Trinajstić information content (AvgIpc) is 2.82. The molecular weight excluding hydrogens is 366 g/mol. The lowest BCUT2D eigenvalue weighted by Gasteiger charge is -2.12. The van der Waals surface area contributed by atoms with Crippen LogP contribution in [0.25, 0.3) is 11.0 Å².